The number of ether oxygens (including phenoxy) is 1. The summed E-state index contributed by atoms with van der Waals surface area (Å²) in [6.45, 7) is 1.36. The highest BCUT2D eigenvalue weighted by molar-refractivity contribution is 7.88. The second kappa shape index (κ2) is 10.7. The molecule has 10 heteroatoms. The number of fused-ring (bicyclic) bond motifs is 1. The fraction of sp³-hybridized carbons (Fsp3) is 0.348. The minimum atomic E-state index is -0.512. The van der Waals surface area contributed by atoms with Crippen molar-refractivity contribution >= 4 is 44.7 Å². The molecule has 2 N–H and O–H groups in total. The molecule has 174 valence electrons. The Balaban J connectivity index is 1.57. The SMILES string of the molecule is Cc1cc(N=S2CCC2)cc2ncnc(Nc3ccc(F)cc3OCC(=O)NCCCF)c12. The van der Waals surface area contributed by atoms with Crippen molar-refractivity contribution < 1.29 is 18.3 Å². The van der Waals surface area contributed by atoms with Crippen LogP contribution in [-0.4, -0.2) is 47.2 Å². The standard InChI is InChI=1S/C23H25F2N5O2S/c1-15-10-17(30-33-8-3-9-33)12-19-22(15)23(28-14-27-19)29-18-5-4-16(25)11-20(18)32-13-21(31)26-7-2-6-24/h4-5,10-12,14H,2-3,6-9,13H2,1H3,(H,26,31)(H,27,28,29). The average Bonchev–Trinajstić information content (AvgIpc) is 2.76. The molecule has 2 aromatic carbocycles. The van der Waals surface area contributed by atoms with Crippen molar-refractivity contribution in [2.45, 2.75) is 19.8 Å². The highest BCUT2D eigenvalue weighted by atomic mass is 32.2. The van der Waals surface area contributed by atoms with E-state index in [1.54, 1.807) is 0 Å². The number of hydrogen-bond donors (Lipinski definition) is 2. The van der Waals surface area contributed by atoms with Gasteiger partial charge in [-0.25, -0.2) is 18.7 Å². The lowest BCUT2D eigenvalue weighted by Gasteiger charge is -2.17. The zero-order valence-corrected chi connectivity index (χ0v) is 19.1. The van der Waals surface area contributed by atoms with Gasteiger partial charge in [0.25, 0.3) is 5.91 Å². The zero-order chi connectivity index (χ0) is 23.2. The monoisotopic (exact) mass is 473 g/mol. The maximum Gasteiger partial charge on any atom is 0.257 e. The molecule has 4 rings (SSSR count). The van der Waals surface area contributed by atoms with Crippen molar-refractivity contribution in [3.05, 3.63) is 48.0 Å². The summed E-state index contributed by atoms with van der Waals surface area (Å²) in [5.74, 6) is 2.09. The van der Waals surface area contributed by atoms with Gasteiger partial charge in [-0.3, -0.25) is 9.18 Å². The first-order valence-corrected chi connectivity index (χ1v) is 12.2. The number of aryl methyl sites for hydroxylation is 1. The third-order valence-electron chi connectivity index (χ3n) is 5.10. The van der Waals surface area contributed by atoms with Crippen LogP contribution in [0, 0.1) is 12.7 Å². The van der Waals surface area contributed by atoms with Crippen LogP contribution in [0.5, 0.6) is 5.75 Å². The predicted octanol–water partition coefficient (Wildman–Crippen LogP) is 4.51. The van der Waals surface area contributed by atoms with E-state index in [4.69, 9.17) is 9.10 Å². The molecule has 1 saturated heterocycles. The third kappa shape index (κ3) is 5.81. The minimum absolute atomic E-state index is 0.113. The normalized spacial score (nSPS) is 13.4. The van der Waals surface area contributed by atoms with Crippen LogP contribution in [0.2, 0.25) is 0 Å². The van der Waals surface area contributed by atoms with E-state index in [0.29, 0.717) is 11.5 Å². The predicted molar refractivity (Wildman–Crippen MR) is 127 cm³/mol. The van der Waals surface area contributed by atoms with Crippen LogP contribution < -0.4 is 15.4 Å². The molecular formula is C23H25F2N5O2S. The summed E-state index contributed by atoms with van der Waals surface area (Å²) in [4.78, 5) is 20.7. The molecule has 33 heavy (non-hydrogen) atoms. The molecule has 1 aliphatic heterocycles. The van der Waals surface area contributed by atoms with E-state index in [2.05, 4.69) is 20.6 Å². The van der Waals surface area contributed by atoms with Crippen molar-refractivity contribution in [2.75, 3.05) is 36.6 Å². The Morgan fingerprint density at radius 3 is 2.85 bits per heavy atom. The number of benzene rings is 2. The Morgan fingerprint density at radius 2 is 2.09 bits per heavy atom. The van der Waals surface area contributed by atoms with Crippen molar-refractivity contribution in [2.24, 2.45) is 4.36 Å². The Kier molecular flexibility index (Phi) is 7.43. The first kappa shape index (κ1) is 23.0. The van der Waals surface area contributed by atoms with E-state index in [9.17, 15) is 13.6 Å². The van der Waals surface area contributed by atoms with Gasteiger partial charge in [0.05, 0.1) is 23.6 Å². The molecule has 1 aromatic heterocycles. The summed E-state index contributed by atoms with van der Waals surface area (Å²) in [6, 6.07) is 7.99. The van der Waals surface area contributed by atoms with E-state index in [1.165, 1.54) is 30.9 Å². The highest BCUT2D eigenvalue weighted by Crippen LogP contribution is 2.34. The fourth-order valence-corrected chi connectivity index (χ4v) is 4.50. The molecule has 0 unspecified atom stereocenters. The number of aromatic nitrogens is 2. The van der Waals surface area contributed by atoms with Crippen LogP contribution in [0.3, 0.4) is 0 Å². The summed E-state index contributed by atoms with van der Waals surface area (Å²) < 4.78 is 36.4. The Morgan fingerprint density at radius 1 is 1.24 bits per heavy atom. The summed E-state index contributed by atoms with van der Waals surface area (Å²) in [5.41, 5.74) is 3.09. The van der Waals surface area contributed by atoms with Gasteiger partial charge in [-0.1, -0.05) is 10.7 Å². The number of nitrogens with one attached hydrogen (secondary N) is 2. The second-order valence-corrected chi connectivity index (χ2v) is 9.56. The smallest absolute Gasteiger partial charge is 0.257 e. The van der Waals surface area contributed by atoms with Gasteiger partial charge in [0, 0.05) is 29.5 Å². The van der Waals surface area contributed by atoms with Gasteiger partial charge in [0.15, 0.2) is 6.61 Å². The van der Waals surface area contributed by atoms with Gasteiger partial charge < -0.3 is 15.4 Å². The quantitative estimate of drug-likeness (QED) is 0.447. The van der Waals surface area contributed by atoms with Crippen LogP contribution in [0.1, 0.15) is 18.4 Å². The molecule has 0 spiro atoms. The van der Waals surface area contributed by atoms with E-state index < -0.39 is 18.4 Å². The lowest BCUT2D eigenvalue weighted by molar-refractivity contribution is -0.123. The molecule has 2 heterocycles. The summed E-state index contributed by atoms with van der Waals surface area (Å²) in [5, 5.41) is 6.56. The molecule has 0 radical (unpaired) electrons. The average molecular weight is 474 g/mol. The Hall–Kier alpha value is -3.14. The molecule has 1 aliphatic rings. The third-order valence-corrected chi connectivity index (χ3v) is 7.09. The fourth-order valence-electron chi connectivity index (χ4n) is 3.37. The van der Waals surface area contributed by atoms with Crippen LogP contribution in [0.4, 0.5) is 26.0 Å². The number of halogens is 2. The maximum absolute atomic E-state index is 13.9. The summed E-state index contributed by atoms with van der Waals surface area (Å²) in [6.07, 6.45) is 2.92. The summed E-state index contributed by atoms with van der Waals surface area (Å²) >= 11 is 0. The van der Waals surface area contributed by atoms with Gasteiger partial charge >= 0.3 is 0 Å². The minimum Gasteiger partial charge on any atom is -0.481 e. The van der Waals surface area contributed by atoms with Gasteiger partial charge in [-0.2, -0.15) is 0 Å². The molecule has 0 saturated carbocycles. The van der Waals surface area contributed by atoms with Crippen molar-refractivity contribution in [3.8, 4) is 5.75 Å². The van der Waals surface area contributed by atoms with Gasteiger partial charge in [0.1, 0.15) is 23.7 Å². The number of hydrogen-bond acceptors (Lipinski definition) is 6. The van der Waals surface area contributed by atoms with Crippen LogP contribution in [0.15, 0.2) is 41.0 Å². The van der Waals surface area contributed by atoms with E-state index >= 15 is 0 Å². The Bertz CT molecular complexity index is 1200. The number of amides is 1. The largest absolute Gasteiger partial charge is 0.481 e. The molecule has 1 fully saturated rings. The number of rotatable bonds is 9. The molecule has 0 bridgehead atoms. The van der Waals surface area contributed by atoms with E-state index in [-0.39, 0.29) is 36.0 Å². The molecule has 1 amide bonds. The number of anilines is 2. The van der Waals surface area contributed by atoms with Gasteiger partial charge in [-0.15, -0.1) is 0 Å². The first-order chi connectivity index (χ1) is 16.0. The number of nitrogens with zero attached hydrogens (tertiary/aromatic N) is 3. The van der Waals surface area contributed by atoms with Crippen molar-refractivity contribution in [1.82, 2.24) is 15.3 Å². The molecule has 7 nitrogen and oxygen atoms in total. The molecule has 0 atom stereocenters. The van der Waals surface area contributed by atoms with Gasteiger partial charge in [0.2, 0.25) is 0 Å². The van der Waals surface area contributed by atoms with E-state index in [0.717, 1.165) is 33.7 Å². The molecule has 0 aliphatic carbocycles. The number of carbonyl (C=O) groups is 1. The van der Waals surface area contributed by atoms with Crippen LogP contribution in [-0.2, 0) is 15.5 Å². The molecular weight excluding hydrogens is 448 g/mol. The van der Waals surface area contributed by atoms with Crippen molar-refractivity contribution in [3.63, 3.8) is 0 Å². The topological polar surface area (TPSA) is 88.5 Å². The zero-order valence-electron chi connectivity index (χ0n) is 18.2. The summed E-state index contributed by atoms with van der Waals surface area (Å²) in [7, 11) is 0.113. The van der Waals surface area contributed by atoms with Crippen LogP contribution in [0.25, 0.3) is 10.9 Å². The first-order valence-electron chi connectivity index (χ1n) is 10.7. The van der Waals surface area contributed by atoms with Crippen LogP contribution >= 0.6 is 0 Å². The lowest BCUT2D eigenvalue weighted by atomic mass is 10.1. The maximum atomic E-state index is 13.9. The molecule has 3 aromatic rings. The number of alkyl halides is 1. The van der Waals surface area contributed by atoms with Gasteiger partial charge in [-0.05, 0) is 49.6 Å². The highest BCUT2D eigenvalue weighted by Gasteiger charge is 2.14. The van der Waals surface area contributed by atoms with E-state index in [1.807, 2.05) is 19.1 Å². The lowest BCUT2D eigenvalue weighted by Crippen LogP contribution is -2.30. The van der Waals surface area contributed by atoms with Crippen molar-refractivity contribution in [1.29, 1.82) is 0 Å². The number of carbonyl (C=O) groups excluding carboxylic acids is 1. The Labute approximate surface area is 193 Å². The second-order valence-electron chi connectivity index (χ2n) is 7.64.